The van der Waals surface area contributed by atoms with Crippen LogP contribution in [0.3, 0.4) is 0 Å². The molecular formula is C7H13ClN4. The first-order valence-electron chi connectivity index (χ1n) is 3.88. The van der Waals surface area contributed by atoms with Crippen molar-refractivity contribution in [2.75, 3.05) is 0 Å². The van der Waals surface area contributed by atoms with Crippen LogP contribution < -0.4 is 11.3 Å². The van der Waals surface area contributed by atoms with Crippen LogP contribution in [0.5, 0.6) is 0 Å². The number of nitrogens with one attached hydrogen (secondary N) is 1. The fraction of sp³-hybridized carbons (Fsp3) is 0.571. The number of aromatic nitrogens is 2. The number of rotatable bonds is 3. The Labute approximate surface area is 76.7 Å². The Morgan fingerprint density at radius 2 is 2.50 bits per heavy atom. The zero-order chi connectivity index (χ0) is 9.14. The zero-order valence-electron chi connectivity index (χ0n) is 7.21. The van der Waals surface area contributed by atoms with E-state index in [4.69, 9.17) is 17.4 Å². The van der Waals surface area contributed by atoms with Gasteiger partial charge < -0.3 is 0 Å². The Bertz CT molecular complexity index is 258. The number of hydrogen-bond acceptors (Lipinski definition) is 3. The van der Waals surface area contributed by atoms with Crippen LogP contribution in [0, 0.1) is 0 Å². The fourth-order valence-corrected chi connectivity index (χ4v) is 1.44. The van der Waals surface area contributed by atoms with Crippen molar-refractivity contribution in [1.82, 2.24) is 15.2 Å². The van der Waals surface area contributed by atoms with Gasteiger partial charge in [-0.25, -0.2) is 0 Å². The number of hydrazine groups is 1. The van der Waals surface area contributed by atoms with Crippen molar-refractivity contribution in [3.8, 4) is 0 Å². The van der Waals surface area contributed by atoms with Crippen LogP contribution in [-0.2, 0) is 6.54 Å². The molecule has 0 bridgehead atoms. The number of nitrogens with zero attached hydrogens (tertiary/aromatic N) is 2. The summed E-state index contributed by atoms with van der Waals surface area (Å²) in [5, 5.41) is 4.75. The molecule has 0 aliphatic heterocycles. The van der Waals surface area contributed by atoms with Gasteiger partial charge in [-0.1, -0.05) is 11.6 Å². The van der Waals surface area contributed by atoms with Gasteiger partial charge in [0, 0.05) is 6.54 Å². The molecule has 0 radical (unpaired) electrons. The van der Waals surface area contributed by atoms with E-state index in [9.17, 15) is 0 Å². The van der Waals surface area contributed by atoms with E-state index in [2.05, 4.69) is 10.5 Å². The first-order valence-corrected chi connectivity index (χ1v) is 4.25. The van der Waals surface area contributed by atoms with E-state index in [0.29, 0.717) is 5.02 Å². The normalized spacial score (nSPS) is 13.3. The van der Waals surface area contributed by atoms with E-state index >= 15 is 0 Å². The van der Waals surface area contributed by atoms with Gasteiger partial charge in [-0.2, -0.15) is 5.10 Å². The quantitative estimate of drug-likeness (QED) is 0.552. The fourth-order valence-electron chi connectivity index (χ4n) is 1.13. The molecule has 1 aromatic heterocycles. The maximum Gasteiger partial charge on any atom is 0.0834 e. The summed E-state index contributed by atoms with van der Waals surface area (Å²) in [6.45, 7) is 4.75. The van der Waals surface area contributed by atoms with Gasteiger partial charge in [0.15, 0.2) is 0 Å². The predicted octanol–water partition coefficient (Wildman–Crippen LogP) is 1.08. The molecule has 1 rings (SSSR count). The average Bonchev–Trinajstić information content (AvgIpc) is 2.45. The maximum absolute atomic E-state index is 5.92. The first-order chi connectivity index (χ1) is 5.70. The minimum atomic E-state index is 0.0277. The van der Waals surface area contributed by atoms with E-state index in [1.54, 1.807) is 6.20 Å². The molecule has 1 atom stereocenters. The summed E-state index contributed by atoms with van der Waals surface area (Å²) in [5.74, 6) is 5.31. The van der Waals surface area contributed by atoms with Crippen molar-refractivity contribution in [3.05, 3.63) is 16.9 Å². The highest BCUT2D eigenvalue weighted by atomic mass is 35.5. The van der Waals surface area contributed by atoms with E-state index in [1.807, 2.05) is 18.5 Å². The van der Waals surface area contributed by atoms with Crippen molar-refractivity contribution < 1.29 is 0 Å². The highest BCUT2D eigenvalue weighted by Gasteiger charge is 2.13. The lowest BCUT2D eigenvalue weighted by Crippen LogP contribution is -2.27. The Kier molecular flexibility index (Phi) is 3.08. The van der Waals surface area contributed by atoms with Gasteiger partial charge in [0.2, 0.25) is 0 Å². The second-order valence-corrected chi connectivity index (χ2v) is 2.99. The molecule has 1 unspecified atom stereocenters. The molecule has 0 aliphatic carbocycles. The Hall–Kier alpha value is -0.580. The summed E-state index contributed by atoms with van der Waals surface area (Å²) >= 11 is 5.92. The molecule has 1 heterocycles. The topological polar surface area (TPSA) is 55.9 Å². The van der Waals surface area contributed by atoms with Gasteiger partial charge in [0.25, 0.3) is 0 Å². The molecule has 4 nitrogen and oxygen atoms in total. The molecule has 0 saturated heterocycles. The summed E-state index contributed by atoms with van der Waals surface area (Å²) in [6.07, 6.45) is 1.63. The van der Waals surface area contributed by atoms with E-state index in [1.165, 1.54) is 0 Å². The van der Waals surface area contributed by atoms with Crippen LogP contribution in [0.1, 0.15) is 25.6 Å². The van der Waals surface area contributed by atoms with Crippen LogP contribution in [0.25, 0.3) is 0 Å². The van der Waals surface area contributed by atoms with Crippen LogP contribution in [0.2, 0.25) is 5.02 Å². The third-order valence-corrected chi connectivity index (χ3v) is 2.08. The molecule has 3 N–H and O–H groups in total. The summed E-state index contributed by atoms with van der Waals surface area (Å²) in [5.41, 5.74) is 3.57. The van der Waals surface area contributed by atoms with Crippen LogP contribution in [0.4, 0.5) is 0 Å². The van der Waals surface area contributed by atoms with Gasteiger partial charge in [-0.3, -0.25) is 16.0 Å². The van der Waals surface area contributed by atoms with Gasteiger partial charge in [0.05, 0.1) is 23.0 Å². The number of halogens is 1. The van der Waals surface area contributed by atoms with E-state index in [-0.39, 0.29) is 6.04 Å². The summed E-state index contributed by atoms with van der Waals surface area (Å²) in [4.78, 5) is 0. The lowest BCUT2D eigenvalue weighted by molar-refractivity contribution is 0.523. The van der Waals surface area contributed by atoms with Gasteiger partial charge >= 0.3 is 0 Å². The van der Waals surface area contributed by atoms with Crippen LogP contribution >= 0.6 is 11.6 Å². The number of aryl methyl sites for hydroxylation is 1. The van der Waals surface area contributed by atoms with E-state index in [0.717, 1.165) is 12.2 Å². The third-order valence-electron chi connectivity index (χ3n) is 1.79. The average molecular weight is 189 g/mol. The second-order valence-electron chi connectivity index (χ2n) is 2.58. The Morgan fingerprint density at radius 1 is 1.83 bits per heavy atom. The van der Waals surface area contributed by atoms with Crippen molar-refractivity contribution in [3.63, 3.8) is 0 Å². The monoisotopic (exact) mass is 188 g/mol. The van der Waals surface area contributed by atoms with Crippen molar-refractivity contribution >= 4 is 11.6 Å². The summed E-state index contributed by atoms with van der Waals surface area (Å²) < 4.78 is 1.83. The zero-order valence-corrected chi connectivity index (χ0v) is 7.97. The largest absolute Gasteiger partial charge is 0.271 e. The Balaban J connectivity index is 3.01. The Morgan fingerprint density at radius 3 is 3.00 bits per heavy atom. The standard InChI is InChI=1S/C7H13ClN4/c1-3-12-7(5(2)11-9)6(8)4-10-12/h4-5,11H,3,9H2,1-2H3. The molecule has 0 spiro atoms. The minimum Gasteiger partial charge on any atom is -0.271 e. The number of hydrogen-bond donors (Lipinski definition) is 2. The number of nitrogens with two attached hydrogens (primary N) is 1. The lowest BCUT2D eigenvalue weighted by Gasteiger charge is -2.12. The van der Waals surface area contributed by atoms with Gasteiger partial charge in [-0.15, -0.1) is 0 Å². The minimum absolute atomic E-state index is 0.0277. The second kappa shape index (κ2) is 3.89. The first kappa shape index (κ1) is 9.51. The highest BCUT2D eigenvalue weighted by molar-refractivity contribution is 6.31. The molecule has 12 heavy (non-hydrogen) atoms. The highest BCUT2D eigenvalue weighted by Crippen LogP contribution is 2.21. The molecule has 0 saturated carbocycles. The predicted molar refractivity (Wildman–Crippen MR) is 48.6 cm³/mol. The molecule has 68 valence electrons. The van der Waals surface area contributed by atoms with Crippen molar-refractivity contribution in [1.29, 1.82) is 0 Å². The molecule has 5 heteroatoms. The maximum atomic E-state index is 5.92. The smallest absolute Gasteiger partial charge is 0.0834 e. The van der Waals surface area contributed by atoms with Crippen LogP contribution in [0.15, 0.2) is 6.20 Å². The van der Waals surface area contributed by atoms with Crippen molar-refractivity contribution in [2.24, 2.45) is 5.84 Å². The van der Waals surface area contributed by atoms with Gasteiger partial charge in [-0.05, 0) is 13.8 Å². The van der Waals surface area contributed by atoms with Crippen molar-refractivity contribution in [2.45, 2.75) is 26.4 Å². The lowest BCUT2D eigenvalue weighted by atomic mass is 10.2. The SMILES string of the molecule is CCn1ncc(Cl)c1C(C)NN. The molecular weight excluding hydrogens is 176 g/mol. The molecule has 0 aromatic carbocycles. The third kappa shape index (κ3) is 1.60. The molecule has 0 aliphatic rings. The van der Waals surface area contributed by atoms with Crippen LogP contribution in [-0.4, -0.2) is 9.78 Å². The molecule has 0 amide bonds. The summed E-state index contributed by atoms with van der Waals surface area (Å²) in [6, 6.07) is 0.0277. The summed E-state index contributed by atoms with van der Waals surface area (Å²) in [7, 11) is 0. The molecule has 0 fully saturated rings. The molecule has 1 aromatic rings. The van der Waals surface area contributed by atoms with E-state index < -0.39 is 0 Å². The van der Waals surface area contributed by atoms with Gasteiger partial charge in [0.1, 0.15) is 0 Å².